The summed E-state index contributed by atoms with van der Waals surface area (Å²) in [4.78, 5) is 0. The summed E-state index contributed by atoms with van der Waals surface area (Å²) in [6.45, 7) is 26.3. The van der Waals surface area contributed by atoms with Crippen LogP contribution in [0.5, 0.6) is 0 Å². The lowest BCUT2D eigenvalue weighted by molar-refractivity contribution is 0.187. The lowest BCUT2D eigenvalue weighted by Crippen LogP contribution is -2.01. The number of ether oxygens (including phenoxy) is 2. The molecule has 0 aromatic rings. The third kappa shape index (κ3) is 18.9. The van der Waals surface area contributed by atoms with Gasteiger partial charge < -0.3 is 9.47 Å². The van der Waals surface area contributed by atoms with Gasteiger partial charge in [-0.15, -0.1) is 0 Å². The standard InChI is InChI=1S/C9H16O.C8H14O.CH4/c1-7(2)6-10-9(5)8(3)4;1-5-8(4)9-6-7(2)3;/h7H,3,5-6H2,1-2,4H3;5,7H,1,4,6H2,2-3H3;1H4. The molecule has 0 bridgehead atoms. The van der Waals surface area contributed by atoms with Gasteiger partial charge in [0, 0.05) is 0 Å². The molecule has 0 aromatic carbocycles. The molecular weight excluding hydrogens is 248 g/mol. The Hall–Kier alpha value is -1.44. The maximum absolute atomic E-state index is 5.27. The molecule has 0 heterocycles. The van der Waals surface area contributed by atoms with Crippen LogP contribution in [0.4, 0.5) is 0 Å². The van der Waals surface area contributed by atoms with Crippen LogP contribution in [0.2, 0.25) is 0 Å². The first kappa shape index (κ1) is 23.6. The largest absolute Gasteiger partial charge is 0.494 e. The summed E-state index contributed by atoms with van der Waals surface area (Å²) < 4.78 is 10.4. The zero-order chi connectivity index (χ0) is 15.4. The quantitative estimate of drug-likeness (QED) is 0.417. The highest BCUT2D eigenvalue weighted by atomic mass is 16.5. The molecule has 118 valence electrons. The van der Waals surface area contributed by atoms with Crippen molar-refractivity contribution in [1.82, 2.24) is 0 Å². The molecule has 0 aliphatic heterocycles. The van der Waals surface area contributed by atoms with E-state index >= 15 is 0 Å². The van der Waals surface area contributed by atoms with Crippen molar-refractivity contribution in [2.75, 3.05) is 13.2 Å². The van der Waals surface area contributed by atoms with Crippen molar-refractivity contribution < 1.29 is 9.47 Å². The number of hydrogen-bond acceptors (Lipinski definition) is 2. The molecule has 0 fully saturated rings. The number of allylic oxidation sites excluding steroid dienone is 2. The van der Waals surface area contributed by atoms with E-state index in [-0.39, 0.29) is 7.43 Å². The van der Waals surface area contributed by atoms with Crippen LogP contribution in [-0.4, -0.2) is 13.2 Å². The minimum absolute atomic E-state index is 0. The van der Waals surface area contributed by atoms with Crippen molar-refractivity contribution in [2.45, 2.75) is 42.0 Å². The van der Waals surface area contributed by atoms with E-state index in [4.69, 9.17) is 9.47 Å². The van der Waals surface area contributed by atoms with Gasteiger partial charge >= 0.3 is 0 Å². The fraction of sp³-hybridized carbons (Fsp3) is 0.556. The van der Waals surface area contributed by atoms with Gasteiger partial charge in [-0.25, -0.2) is 0 Å². The SMILES string of the molecule is C.C=C(C)C(=C)OCC(C)C.C=CC(=C)OCC(C)C. The van der Waals surface area contributed by atoms with Crippen molar-refractivity contribution in [3.8, 4) is 0 Å². The number of rotatable bonds is 8. The van der Waals surface area contributed by atoms with E-state index in [9.17, 15) is 0 Å². The molecule has 0 aliphatic carbocycles. The van der Waals surface area contributed by atoms with E-state index < -0.39 is 0 Å². The topological polar surface area (TPSA) is 18.5 Å². The minimum Gasteiger partial charge on any atom is -0.494 e. The van der Waals surface area contributed by atoms with Gasteiger partial charge in [-0.2, -0.15) is 0 Å². The van der Waals surface area contributed by atoms with E-state index in [0.717, 1.165) is 18.8 Å². The van der Waals surface area contributed by atoms with E-state index in [2.05, 4.69) is 54.0 Å². The van der Waals surface area contributed by atoms with E-state index in [1.165, 1.54) is 0 Å². The molecule has 0 saturated carbocycles. The summed E-state index contributed by atoms with van der Waals surface area (Å²) in [5.41, 5.74) is 0.903. The number of hydrogen-bond donors (Lipinski definition) is 0. The van der Waals surface area contributed by atoms with E-state index in [1.807, 2.05) is 6.92 Å². The van der Waals surface area contributed by atoms with E-state index in [1.54, 1.807) is 6.08 Å². The minimum atomic E-state index is 0. The highest BCUT2D eigenvalue weighted by Gasteiger charge is 1.97. The lowest BCUT2D eigenvalue weighted by atomic mass is 10.2. The molecule has 0 unspecified atom stereocenters. The van der Waals surface area contributed by atoms with Crippen LogP contribution in [0.1, 0.15) is 42.0 Å². The Balaban J connectivity index is -0.000000277. The monoisotopic (exact) mass is 282 g/mol. The first-order valence-electron chi connectivity index (χ1n) is 6.62. The maximum Gasteiger partial charge on any atom is 0.114 e. The van der Waals surface area contributed by atoms with Crippen LogP contribution in [-0.2, 0) is 9.47 Å². The van der Waals surface area contributed by atoms with Crippen LogP contribution in [0.25, 0.3) is 0 Å². The fourth-order valence-electron chi connectivity index (χ4n) is 0.723. The predicted molar refractivity (Wildman–Crippen MR) is 91.6 cm³/mol. The normalized spacial score (nSPS) is 8.95. The molecule has 0 amide bonds. The molecule has 0 aromatic heterocycles. The zero-order valence-electron chi connectivity index (χ0n) is 13.3. The summed E-state index contributed by atoms with van der Waals surface area (Å²) >= 11 is 0. The Kier molecular flexibility index (Phi) is 16.5. The molecule has 2 nitrogen and oxygen atoms in total. The van der Waals surface area contributed by atoms with Gasteiger partial charge in [0.2, 0.25) is 0 Å². The second-order valence-corrected chi connectivity index (χ2v) is 5.28. The van der Waals surface area contributed by atoms with Crippen molar-refractivity contribution in [3.63, 3.8) is 0 Å². The van der Waals surface area contributed by atoms with E-state index in [0.29, 0.717) is 23.4 Å². The molecular formula is C18H34O2. The average molecular weight is 282 g/mol. The van der Waals surface area contributed by atoms with Gasteiger partial charge in [0.15, 0.2) is 0 Å². The van der Waals surface area contributed by atoms with Gasteiger partial charge in [0.1, 0.15) is 11.5 Å². The van der Waals surface area contributed by atoms with Crippen LogP contribution >= 0.6 is 0 Å². The fourth-order valence-corrected chi connectivity index (χ4v) is 0.723. The Morgan fingerprint density at radius 3 is 1.65 bits per heavy atom. The van der Waals surface area contributed by atoms with Crippen LogP contribution < -0.4 is 0 Å². The van der Waals surface area contributed by atoms with Gasteiger partial charge in [0.05, 0.1) is 13.2 Å². The Labute approximate surface area is 126 Å². The predicted octanol–water partition coefficient (Wildman–Crippen LogP) is 5.74. The smallest absolute Gasteiger partial charge is 0.114 e. The molecule has 0 aliphatic rings. The highest BCUT2D eigenvalue weighted by molar-refractivity contribution is 5.15. The van der Waals surface area contributed by atoms with Crippen molar-refractivity contribution in [3.05, 3.63) is 49.5 Å². The summed E-state index contributed by atoms with van der Waals surface area (Å²) in [5.74, 6) is 2.47. The molecule has 0 rings (SSSR count). The maximum atomic E-state index is 5.27. The second kappa shape index (κ2) is 14.0. The molecule has 0 saturated heterocycles. The van der Waals surface area contributed by atoms with Crippen LogP contribution in [0, 0.1) is 11.8 Å². The molecule has 20 heavy (non-hydrogen) atoms. The van der Waals surface area contributed by atoms with Crippen LogP contribution in [0.3, 0.4) is 0 Å². The van der Waals surface area contributed by atoms with Gasteiger partial charge in [-0.1, -0.05) is 61.4 Å². The van der Waals surface area contributed by atoms with Gasteiger partial charge in [0.25, 0.3) is 0 Å². The first-order chi connectivity index (χ1) is 8.70. The summed E-state index contributed by atoms with van der Waals surface area (Å²) in [6.07, 6.45) is 1.61. The van der Waals surface area contributed by atoms with Crippen molar-refractivity contribution >= 4 is 0 Å². The zero-order valence-corrected chi connectivity index (χ0v) is 13.3. The summed E-state index contributed by atoms with van der Waals surface area (Å²) in [5, 5.41) is 0. The van der Waals surface area contributed by atoms with Crippen molar-refractivity contribution in [2.24, 2.45) is 11.8 Å². The molecule has 0 N–H and O–H groups in total. The Bertz CT molecular complexity index is 299. The van der Waals surface area contributed by atoms with Gasteiger partial charge in [-0.05, 0) is 30.4 Å². The second-order valence-electron chi connectivity index (χ2n) is 5.28. The summed E-state index contributed by atoms with van der Waals surface area (Å²) in [7, 11) is 0. The Morgan fingerprint density at radius 2 is 1.35 bits per heavy atom. The van der Waals surface area contributed by atoms with Crippen molar-refractivity contribution in [1.29, 1.82) is 0 Å². The molecule has 0 radical (unpaired) electrons. The highest BCUT2D eigenvalue weighted by Crippen LogP contribution is 2.06. The third-order valence-electron chi connectivity index (χ3n) is 1.90. The first-order valence-corrected chi connectivity index (χ1v) is 6.62. The Morgan fingerprint density at radius 1 is 0.950 bits per heavy atom. The lowest BCUT2D eigenvalue weighted by Gasteiger charge is -2.09. The molecule has 2 heteroatoms. The molecule has 0 atom stereocenters. The average Bonchev–Trinajstić information content (AvgIpc) is 2.33. The third-order valence-corrected chi connectivity index (χ3v) is 1.90. The molecule has 0 spiro atoms. The van der Waals surface area contributed by atoms with Crippen LogP contribution in [0.15, 0.2) is 49.5 Å². The van der Waals surface area contributed by atoms with Gasteiger partial charge in [-0.3, -0.25) is 0 Å². The summed E-state index contributed by atoms with van der Waals surface area (Å²) in [6, 6.07) is 0.